The van der Waals surface area contributed by atoms with Crippen LogP contribution >= 0.6 is 11.6 Å². The van der Waals surface area contributed by atoms with Crippen LogP contribution in [0.3, 0.4) is 0 Å². The molecular formula is C15H15ClN4O. The van der Waals surface area contributed by atoms with E-state index in [1.807, 2.05) is 26.8 Å². The minimum Gasteiger partial charge on any atom is -0.472 e. The van der Waals surface area contributed by atoms with Crippen molar-refractivity contribution in [2.24, 2.45) is 0 Å². The van der Waals surface area contributed by atoms with Gasteiger partial charge in [0.1, 0.15) is 17.7 Å². The first-order chi connectivity index (χ1) is 9.87. The maximum absolute atomic E-state index is 8.82. The number of hydrogen-bond acceptors (Lipinski definition) is 5. The highest BCUT2D eigenvalue weighted by atomic mass is 35.5. The molecule has 0 amide bonds. The number of rotatable bonds is 3. The van der Waals surface area contributed by atoms with Gasteiger partial charge in [0.05, 0.1) is 22.3 Å². The van der Waals surface area contributed by atoms with Gasteiger partial charge in [0.2, 0.25) is 5.88 Å². The molecule has 21 heavy (non-hydrogen) atoms. The second-order valence-corrected chi connectivity index (χ2v) is 5.79. The molecule has 1 N–H and O–H groups in total. The molecule has 0 aliphatic carbocycles. The number of ether oxygens (including phenoxy) is 1. The third kappa shape index (κ3) is 4.33. The van der Waals surface area contributed by atoms with Crippen LogP contribution in [0.4, 0.5) is 11.5 Å². The Morgan fingerprint density at radius 3 is 2.62 bits per heavy atom. The van der Waals surface area contributed by atoms with Crippen molar-refractivity contribution in [1.82, 2.24) is 9.97 Å². The molecule has 0 radical (unpaired) electrons. The Hall–Kier alpha value is -2.32. The summed E-state index contributed by atoms with van der Waals surface area (Å²) in [7, 11) is 0. The van der Waals surface area contributed by atoms with Crippen LogP contribution in [0.2, 0.25) is 5.02 Å². The largest absolute Gasteiger partial charge is 0.472 e. The van der Waals surface area contributed by atoms with Gasteiger partial charge in [0.15, 0.2) is 0 Å². The van der Waals surface area contributed by atoms with Crippen LogP contribution in [-0.2, 0) is 0 Å². The van der Waals surface area contributed by atoms with Gasteiger partial charge in [-0.1, -0.05) is 11.6 Å². The number of aromatic nitrogens is 2. The van der Waals surface area contributed by atoms with E-state index in [-0.39, 0.29) is 5.60 Å². The maximum atomic E-state index is 8.82. The Morgan fingerprint density at radius 2 is 2.00 bits per heavy atom. The highest BCUT2D eigenvalue weighted by molar-refractivity contribution is 6.33. The summed E-state index contributed by atoms with van der Waals surface area (Å²) in [5.74, 6) is 1.04. The van der Waals surface area contributed by atoms with E-state index < -0.39 is 0 Å². The maximum Gasteiger partial charge on any atom is 0.218 e. The van der Waals surface area contributed by atoms with Gasteiger partial charge < -0.3 is 10.1 Å². The lowest BCUT2D eigenvalue weighted by molar-refractivity contribution is 0.124. The predicted octanol–water partition coefficient (Wildman–Crippen LogP) is 3.92. The molecular weight excluding hydrogens is 288 g/mol. The molecule has 0 unspecified atom stereocenters. The summed E-state index contributed by atoms with van der Waals surface area (Å²) in [6.07, 6.45) is 1.42. The van der Waals surface area contributed by atoms with Crippen molar-refractivity contribution in [3.63, 3.8) is 0 Å². The Morgan fingerprint density at radius 1 is 1.24 bits per heavy atom. The molecule has 0 spiro atoms. The van der Waals surface area contributed by atoms with Crippen LogP contribution in [0, 0.1) is 11.3 Å². The number of nitrogens with one attached hydrogen (secondary N) is 1. The van der Waals surface area contributed by atoms with E-state index in [1.165, 1.54) is 6.33 Å². The van der Waals surface area contributed by atoms with Crippen molar-refractivity contribution >= 4 is 23.1 Å². The Labute approximate surface area is 128 Å². The lowest BCUT2D eigenvalue weighted by Gasteiger charge is -2.20. The van der Waals surface area contributed by atoms with Gasteiger partial charge in [0.25, 0.3) is 0 Å². The van der Waals surface area contributed by atoms with Crippen molar-refractivity contribution < 1.29 is 4.74 Å². The smallest absolute Gasteiger partial charge is 0.218 e. The van der Waals surface area contributed by atoms with Crippen LogP contribution in [0.15, 0.2) is 30.6 Å². The van der Waals surface area contributed by atoms with Crippen LogP contribution in [0.25, 0.3) is 0 Å². The Bertz CT molecular complexity index is 689. The van der Waals surface area contributed by atoms with Crippen molar-refractivity contribution in [2.45, 2.75) is 26.4 Å². The molecule has 2 rings (SSSR count). The minimum absolute atomic E-state index is 0.336. The van der Waals surface area contributed by atoms with Gasteiger partial charge in [-0.25, -0.2) is 9.97 Å². The lowest BCUT2D eigenvalue weighted by Crippen LogP contribution is -2.23. The first-order valence-corrected chi connectivity index (χ1v) is 6.73. The molecule has 108 valence electrons. The molecule has 0 saturated carbocycles. The van der Waals surface area contributed by atoms with E-state index in [9.17, 15) is 0 Å². The summed E-state index contributed by atoms with van der Waals surface area (Å²) in [6, 6.07) is 8.74. The van der Waals surface area contributed by atoms with Gasteiger partial charge in [-0.15, -0.1) is 0 Å². The van der Waals surface area contributed by atoms with Crippen molar-refractivity contribution in [2.75, 3.05) is 5.32 Å². The number of halogens is 1. The zero-order valence-corrected chi connectivity index (χ0v) is 12.8. The fourth-order valence-electron chi connectivity index (χ4n) is 1.60. The first kappa shape index (κ1) is 15.1. The predicted molar refractivity (Wildman–Crippen MR) is 81.9 cm³/mol. The molecule has 2 aromatic rings. The minimum atomic E-state index is -0.336. The van der Waals surface area contributed by atoms with Crippen molar-refractivity contribution in [3.05, 3.63) is 41.2 Å². The second-order valence-electron chi connectivity index (χ2n) is 5.39. The van der Waals surface area contributed by atoms with E-state index in [4.69, 9.17) is 21.6 Å². The zero-order valence-electron chi connectivity index (χ0n) is 12.0. The SMILES string of the molecule is CC(C)(C)Oc1cc(Nc2ccc(C#N)cc2Cl)ncn1. The molecule has 0 fully saturated rings. The normalized spacial score (nSPS) is 10.8. The molecule has 0 bridgehead atoms. The van der Waals surface area contributed by atoms with Crippen LogP contribution in [0.1, 0.15) is 26.3 Å². The van der Waals surface area contributed by atoms with Crippen LogP contribution in [-0.4, -0.2) is 15.6 Å². The fourth-order valence-corrected chi connectivity index (χ4v) is 1.83. The molecule has 5 nitrogen and oxygen atoms in total. The first-order valence-electron chi connectivity index (χ1n) is 6.35. The summed E-state index contributed by atoms with van der Waals surface area (Å²) in [6.45, 7) is 5.83. The van der Waals surface area contributed by atoms with E-state index in [1.54, 1.807) is 24.3 Å². The van der Waals surface area contributed by atoms with Gasteiger partial charge in [-0.2, -0.15) is 5.26 Å². The number of anilines is 2. The van der Waals surface area contributed by atoms with Gasteiger partial charge in [-0.3, -0.25) is 0 Å². The highest BCUT2D eigenvalue weighted by Gasteiger charge is 2.13. The monoisotopic (exact) mass is 302 g/mol. The van der Waals surface area contributed by atoms with Gasteiger partial charge in [-0.05, 0) is 39.0 Å². The average molecular weight is 303 g/mol. The topological polar surface area (TPSA) is 70.8 Å². The molecule has 6 heteroatoms. The van der Waals surface area contributed by atoms with Crippen LogP contribution < -0.4 is 10.1 Å². The Kier molecular flexibility index (Phi) is 4.29. The summed E-state index contributed by atoms with van der Waals surface area (Å²) in [5.41, 5.74) is 0.832. The zero-order chi connectivity index (χ0) is 15.5. The molecule has 0 aliphatic rings. The van der Waals surface area contributed by atoms with E-state index in [0.717, 1.165) is 0 Å². The standard InChI is InChI=1S/C15H15ClN4O/c1-15(2,3)21-14-7-13(18-9-19-14)20-12-5-4-10(8-17)6-11(12)16/h4-7,9H,1-3H3,(H,18,19,20). The van der Waals surface area contributed by atoms with E-state index in [2.05, 4.69) is 15.3 Å². The van der Waals surface area contributed by atoms with Crippen LogP contribution in [0.5, 0.6) is 5.88 Å². The molecule has 1 aromatic carbocycles. The molecule has 0 saturated heterocycles. The number of nitriles is 1. The molecule has 1 heterocycles. The Balaban J connectivity index is 2.20. The third-order valence-corrected chi connectivity index (χ3v) is 2.73. The van der Waals surface area contributed by atoms with E-state index in [0.29, 0.717) is 28.0 Å². The molecule has 1 aromatic heterocycles. The fraction of sp³-hybridized carbons (Fsp3) is 0.267. The van der Waals surface area contributed by atoms with Gasteiger partial charge >= 0.3 is 0 Å². The summed E-state index contributed by atoms with van der Waals surface area (Å²) in [5, 5.41) is 12.3. The van der Waals surface area contributed by atoms with Gasteiger partial charge in [0, 0.05) is 6.07 Å². The summed E-state index contributed by atoms with van der Waals surface area (Å²) in [4.78, 5) is 8.19. The highest BCUT2D eigenvalue weighted by Crippen LogP contribution is 2.26. The quantitative estimate of drug-likeness (QED) is 0.930. The summed E-state index contributed by atoms with van der Waals surface area (Å²) >= 11 is 6.12. The number of hydrogen-bond donors (Lipinski definition) is 1. The molecule has 0 aliphatic heterocycles. The van der Waals surface area contributed by atoms with E-state index >= 15 is 0 Å². The average Bonchev–Trinajstić information content (AvgIpc) is 2.39. The lowest BCUT2D eigenvalue weighted by atomic mass is 10.2. The van der Waals surface area contributed by atoms with Crippen molar-refractivity contribution in [3.8, 4) is 11.9 Å². The summed E-state index contributed by atoms with van der Waals surface area (Å²) < 4.78 is 5.68. The molecule has 0 atom stereocenters. The second kappa shape index (κ2) is 5.98. The van der Waals surface area contributed by atoms with Crippen molar-refractivity contribution in [1.29, 1.82) is 5.26 Å². The third-order valence-electron chi connectivity index (χ3n) is 2.41. The number of nitrogens with zero attached hydrogens (tertiary/aromatic N) is 3. The number of benzene rings is 1.